The monoisotopic (exact) mass is 462 g/mol. The molecule has 2 aromatic rings. The van der Waals surface area contributed by atoms with Gasteiger partial charge in [0.1, 0.15) is 6.10 Å². The van der Waals surface area contributed by atoms with Crippen LogP contribution >= 0.6 is 0 Å². The lowest BCUT2D eigenvalue weighted by Crippen LogP contribution is -2.24. The molecule has 34 heavy (non-hydrogen) atoms. The van der Waals surface area contributed by atoms with Gasteiger partial charge in [0.15, 0.2) is 0 Å². The first-order chi connectivity index (χ1) is 16.4. The van der Waals surface area contributed by atoms with Gasteiger partial charge >= 0.3 is 11.9 Å². The van der Waals surface area contributed by atoms with Crippen molar-refractivity contribution in [3.63, 3.8) is 0 Å². The Bertz CT molecular complexity index is 1010. The zero-order valence-corrected chi connectivity index (χ0v) is 19.6. The van der Waals surface area contributed by atoms with E-state index in [4.69, 9.17) is 20.9 Å². The molecule has 0 radical (unpaired) electrons. The second-order valence-electron chi connectivity index (χ2n) is 8.75. The third-order valence-electron chi connectivity index (χ3n) is 6.19. The van der Waals surface area contributed by atoms with Gasteiger partial charge in [-0.3, -0.25) is 0 Å². The van der Waals surface area contributed by atoms with Gasteiger partial charge in [-0.1, -0.05) is 18.2 Å². The quantitative estimate of drug-likeness (QED) is 0.214. The van der Waals surface area contributed by atoms with Crippen LogP contribution in [0.2, 0.25) is 0 Å². The fourth-order valence-corrected chi connectivity index (χ4v) is 4.16. The van der Waals surface area contributed by atoms with Crippen LogP contribution in [0.4, 0.5) is 11.4 Å². The van der Waals surface area contributed by atoms with Crippen molar-refractivity contribution in [3.05, 3.63) is 77.9 Å². The van der Waals surface area contributed by atoms with Gasteiger partial charge in [0, 0.05) is 23.9 Å². The average Bonchev–Trinajstić information content (AvgIpc) is 2.84. The van der Waals surface area contributed by atoms with Crippen molar-refractivity contribution < 1.29 is 19.1 Å². The summed E-state index contributed by atoms with van der Waals surface area (Å²) in [5.41, 5.74) is 15.0. The van der Waals surface area contributed by atoms with Gasteiger partial charge in [0.05, 0.1) is 12.2 Å². The highest BCUT2D eigenvalue weighted by Crippen LogP contribution is 2.30. The highest BCUT2D eigenvalue weighted by atomic mass is 16.5. The highest BCUT2D eigenvalue weighted by Gasteiger charge is 2.23. The van der Waals surface area contributed by atoms with E-state index in [-0.39, 0.29) is 18.7 Å². The van der Waals surface area contributed by atoms with E-state index < -0.39 is 5.97 Å². The van der Waals surface area contributed by atoms with Gasteiger partial charge in [-0.25, -0.2) is 9.59 Å². The molecule has 0 heterocycles. The van der Waals surface area contributed by atoms with Gasteiger partial charge in [0.2, 0.25) is 0 Å². The van der Waals surface area contributed by atoms with E-state index in [0.29, 0.717) is 29.3 Å². The summed E-state index contributed by atoms with van der Waals surface area (Å²) in [6, 6.07) is 12.2. The minimum Gasteiger partial charge on any atom is -0.462 e. The smallest absolute Gasteiger partial charge is 0.338 e. The molecule has 0 saturated heterocycles. The van der Waals surface area contributed by atoms with Crippen molar-refractivity contribution in [2.24, 2.45) is 5.92 Å². The molecule has 0 spiro atoms. The molecule has 6 heteroatoms. The molecule has 0 bridgehead atoms. The lowest BCUT2D eigenvalue weighted by atomic mass is 9.84. The van der Waals surface area contributed by atoms with Crippen molar-refractivity contribution in [3.8, 4) is 0 Å². The van der Waals surface area contributed by atoms with Crippen LogP contribution in [-0.4, -0.2) is 24.6 Å². The van der Waals surface area contributed by atoms with Crippen molar-refractivity contribution in [1.82, 2.24) is 0 Å². The van der Waals surface area contributed by atoms with Crippen molar-refractivity contribution in [2.45, 2.75) is 51.0 Å². The van der Waals surface area contributed by atoms with Crippen LogP contribution in [-0.2, 0) is 20.7 Å². The number of anilines is 2. The van der Waals surface area contributed by atoms with Crippen LogP contribution in [0.1, 0.15) is 60.0 Å². The maximum Gasteiger partial charge on any atom is 0.338 e. The van der Waals surface area contributed by atoms with Crippen LogP contribution in [0.5, 0.6) is 0 Å². The molecule has 0 aromatic heterocycles. The number of allylic oxidation sites excluding steroid dienone is 1. The first kappa shape index (κ1) is 25.1. The number of rotatable bonds is 10. The number of nitrogen functional groups attached to an aromatic ring is 2. The van der Waals surface area contributed by atoms with E-state index in [2.05, 4.69) is 6.58 Å². The molecule has 180 valence electrons. The Morgan fingerprint density at radius 2 is 1.76 bits per heavy atom. The normalized spacial score (nSPS) is 17.9. The fourth-order valence-electron chi connectivity index (χ4n) is 4.16. The number of esters is 2. The van der Waals surface area contributed by atoms with Gasteiger partial charge in [-0.05, 0) is 92.0 Å². The number of ether oxygens (including phenoxy) is 2. The number of carbonyl (C=O) groups excluding carboxylic acids is 2. The Morgan fingerprint density at radius 3 is 2.47 bits per heavy atom. The molecule has 3 rings (SSSR count). The number of nitrogens with two attached hydrogens (primary N) is 2. The van der Waals surface area contributed by atoms with E-state index in [1.807, 2.05) is 6.08 Å². The lowest BCUT2D eigenvalue weighted by Gasteiger charge is -2.28. The zero-order valence-electron chi connectivity index (χ0n) is 19.6. The van der Waals surface area contributed by atoms with Crippen molar-refractivity contribution in [1.29, 1.82) is 0 Å². The predicted octanol–water partition coefficient (Wildman–Crippen LogP) is 5.33. The van der Waals surface area contributed by atoms with Gasteiger partial charge in [0.25, 0.3) is 0 Å². The largest absolute Gasteiger partial charge is 0.462 e. The Balaban J connectivity index is 1.41. The molecule has 1 aliphatic carbocycles. The first-order valence-electron chi connectivity index (χ1n) is 11.8. The third-order valence-corrected chi connectivity index (χ3v) is 6.19. The number of benzene rings is 2. The Kier molecular flexibility index (Phi) is 9.32. The topological polar surface area (TPSA) is 105 Å². The van der Waals surface area contributed by atoms with E-state index >= 15 is 0 Å². The van der Waals surface area contributed by atoms with E-state index in [9.17, 15) is 9.59 Å². The highest BCUT2D eigenvalue weighted by molar-refractivity contribution is 5.90. The van der Waals surface area contributed by atoms with Gasteiger partial charge in [-0.15, -0.1) is 6.58 Å². The Morgan fingerprint density at radius 1 is 1.03 bits per heavy atom. The number of carbonyl (C=O) groups is 2. The standard InChI is InChI=1S/C28H34N2O4/c1-2-3-4-20-7-13-25(14-8-20)34-28(32)22-10-5-21(6-11-22)9-16-27(31)33-18-17-23-19-24(29)12-15-26(23)30/h2,5-6,9-12,15-16,19-20,25H,1,3-4,7-8,13-14,17-18,29-30H2/b16-9+. The molecule has 4 N–H and O–H groups in total. The first-order valence-corrected chi connectivity index (χ1v) is 11.8. The Labute approximate surface area is 201 Å². The lowest BCUT2D eigenvalue weighted by molar-refractivity contribution is -0.137. The summed E-state index contributed by atoms with van der Waals surface area (Å²) >= 11 is 0. The molecule has 2 aromatic carbocycles. The van der Waals surface area contributed by atoms with E-state index in [0.717, 1.165) is 43.2 Å². The molecule has 1 aliphatic rings. The van der Waals surface area contributed by atoms with Crippen LogP contribution < -0.4 is 11.5 Å². The molecule has 0 amide bonds. The summed E-state index contributed by atoms with van der Waals surface area (Å²) in [5.74, 6) is -0.0408. The van der Waals surface area contributed by atoms with Crippen LogP contribution in [0.15, 0.2) is 61.2 Å². The molecule has 0 aliphatic heterocycles. The second kappa shape index (κ2) is 12.6. The molecular weight excluding hydrogens is 428 g/mol. The molecule has 1 saturated carbocycles. The number of hydrogen-bond acceptors (Lipinski definition) is 6. The Hall–Kier alpha value is -3.54. The minimum atomic E-state index is -0.449. The summed E-state index contributed by atoms with van der Waals surface area (Å²) in [5, 5.41) is 0. The second-order valence-corrected chi connectivity index (χ2v) is 8.75. The maximum absolute atomic E-state index is 12.5. The van der Waals surface area contributed by atoms with Crippen LogP contribution in [0.3, 0.4) is 0 Å². The number of hydrogen-bond donors (Lipinski definition) is 2. The molecular formula is C28H34N2O4. The average molecular weight is 463 g/mol. The summed E-state index contributed by atoms with van der Waals surface area (Å²) in [6.45, 7) is 3.99. The summed E-state index contributed by atoms with van der Waals surface area (Å²) < 4.78 is 10.9. The van der Waals surface area contributed by atoms with Crippen molar-refractivity contribution >= 4 is 29.4 Å². The third kappa shape index (κ3) is 7.80. The van der Waals surface area contributed by atoms with Crippen LogP contribution in [0, 0.1) is 5.92 Å². The van der Waals surface area contributed by atoms with Gasteiger partial charge < -0.3 is 20.9 Å². The summed E-state index contributed by atoms with van der Waals surface area (Å²) in [4.78, 5) is 24.5. The summed E-state index contributed by atoms with van der Waals surface area (Å²) in [7, 11) is 0. The maximum atomic E-state index is 12.5. The molecule has 0 atom stereocenters. The van der Waals surface area contributed by atoms with Crippen LogP contribution in [0.25, 0.3) is 6.08 Å². The van der Waals surface area contributed by atoms with Crippen molar-refractivity contribution in [2.75, 3.05) is 18.1 Å². The fraction of sp³-hybridized carbons (Fsp3) is 0.357. The predicted molar refractivity (Wildman–Crippen MR) is 136 cm³/mol. The van der Waals surface area contributed by atoms with E-state index in [1.165, 1.54) is 12.5 Å². The summed E-state index contributed by atoms with van der Waals surface area (Å²) in [6.07, 6.45) is 11.7. The van der Waals surface area contributed by atoms with Gasteiger partial charge in [-0.2, -0.15) is 0 Å². The molecule has 1 fully saturated rings. The molecule has 6 nitrogen and oxygen atoms in total. The zero-order chi connectivity index (χ0) is 24.3. The SMILES string of the molecule is C=CCCC1CCC(OC(=O)c2ccc(/C=C/C(=O)OCCc3cc(N)ccc3N)cc2)CC1. The van der Waals surface area contributed by atoms with E-state index in [1.54, 1.807) is 48.5 Å². The minimum absolute atomic E-state index is 0.00972. The molecule has 0 unspecified atom stereocenters.